The summed E-state index contributed by atoms with van der Waals surface area (Å²) in [7, 11) is 0. The maximum atomic E-state index is 13.7. The number of anilines is 1. The first kappa shape index (κ1) is 17.9. The Hall–Kier alpha value is -2.88. The van der Waals surface area contributed by atoms with E-state index in [9.17, 15) is 9.18 Å². The van der Waals surface area contributed by atoms with Gasteiger partial charge in [-0.05, 0) is 30.9 Å². The predicted molar refractivity (Wildman–Crippen MR) is 96.5 cm³/mol. The molecule has 1 saturated carbocycles. The number of nitrogens with zero attached hydrogens (tertiary/aromatic N) is 3. The molecule has 0 unspecified atom stereocenters. The van der Waals surface area contributed by atoms with Gasteiger partial charge in [-0.2, -0.15) is 5.26 Å². The summed E-state index contributed by atoms with van der Waals surface area (Å²) in [6, 6.07) is 7.45. The highest BCUT2D eigenvalue weighted by atomic mass is 19.1. The van der Waals surface area contributed by atoms with Gasteiger partial charge in [0, 0.05) is 18.8 Å². The van der Waals surface area contributed by atoms with Gasteiger partial charge in [0.1, 0.15) is 17.4 Å². The number of halogens is 1. The highest BCUT2D eigenvalue weighted by Crippen LogP contribution is 2.28. The minimum atomic E-state index is -0.602. The van der Waals surface area contributed by atoms with Crippen LogP contribution in [0.2, 0.25) is 0 Å². The van der Waals surface area contributed by atoms with Crippen LogP contribution in [0.5, 0.6) is 0 Å². The Kier molecular flexibility index (Phi) is 5.84. The van der Waals surface area contributed by atoms with E-state index in [1.807, 2.05) is 6.07 Å². The van der Waals surface area contributed by atoms with Gasteiger partial charge in [0.25, 0.3) is 0 Å². The Morgan fingerprint density at radius 3 is 2.92 bits per heavy atom. The molecule has 2 aromatic rings. The molecule has 0 atom stereocenters. The van der Waals surface area contributed by atoms with Gasteiger partial charge >= 0.3 is 6.03 Å². The van der Waals surface area contributed by atoms with Crippen molar-refractivity contribution >= 4 is 11.8 Å². The molecule has 7 heteroatoms. The molecular formula is C19H22FN5O. The quantitative estimate of drug-likeness (QED) is 0.769. The van der Waals surface area contributed by atoms with E-state index in [0.717, 1.165) is 18.8 Å². The van der Waals surface area contributed by atoms with Crippen LogP contribution in [0.15, 0.2) is 30.5 Å². The van der Waals surface area contributed by atoms with Gasteiger partial charge in [0.15, 0.2) is 5.82 Å². The number of hydrogen-bond acceptors (Lipinski definition) is 3. The number of urea groups is 1. The molecule has 1 aromatic carbocycles. The summed E-state index contributed by atoms with van der Waals surface area (Å²) in [5, 5.41) is 18.8. The molecule has 2 amide bonds. The number of nitrogens with one attached hydrogen (secondary N) is 2. The number of hydrogen-bond donors (Lipinski definition) is 2. The Morgan fingerprint density at radius 2 is 2.15 bits per heavy atom. The lowest BCUT2D eigenvalue weighted by atomic mass is 10.0. The summed E-state index contributed by atoms with van der Waals surface area (Å²) >= 11 is 0. The predicted octanol–water partition coefficient (Wildman–Crippen LogP) is 3.97. The summed E-state index contributed by atoms with van der Waals surface area (Å²) < 4.78 is 15.1. The van der Waals surface area contributed by atoms with E-state index in [-0.39, 0.29) is 11.6 Å². The molecule has 0 radical (unpaired) electrons. The first-order chi connectivity index (χ1) is 12.7. The number of carbonyl (C=O) groups excluding carboxylic acids is 1. The van der Waals surface area contributed by atoms with Crippen LogP contribution in [0.3, 0.4) is 0 Å². The molecule has 0 saturated heterocycles. The molecule has 2 N–H and O–H groups in total. The van der Waals surface area contributed by atoms with Crippen molar-refractivity contribution in [3.05, 3.63) is 41.8 Å². The summed E-state index contributed by atoms with van der Waals surface area (Å²) in [6.07, 6.45) is 9.00. The smallest absolute Gasteiger partial charge is 0.320 e. The minimum absolute atomic E-state index is 0.0847. The number of carbonyl (C=O) groups is 1. The maximum absolute atomic E-state index is 13.7. The fourth-order valence-electron chi connectivity index (χ4n) is 3.39. The van der Waals surface area contributed by atoms with Crippen LogP contribution in [-0.2, 0) is 0 Å². The Labute approximate surface area is 152 Å². The van der Waals surface area contributed by atoms with Crippen LogP contribution >= 0.6 is 0 Å². The molecule has 1 fully saturated rings. The van der Waals surface area contributed by atoms with E-state index in [0.29, 0.717) is 18.1 Å². The lowest BCUT2D eigenvalue weighted by molar-refractivity contribution is 0.251. The van der Waals surface area contributed by atoms with E-state index < -0.39 is 5.82 Å². The first-order valence-electron chi connectivity index (χ1n) is 8.97. The summed E-state index contributed by atoms with van der Waals surface area (Å²) in [4.78, 5) is 11.9. The maximum Gasteiger partial charge on any atom is 0.320 e. The first-order valence-corrected chi connectivity index (χ1v) is 8.97. The van der Waals surface area contributed by atoms with Crippen molar-refractivity contribution in [3.63, 3.8) is 0 Å². The van der Waals surface area contributed by atoms with Crippen molar-refractivity contribution in [1.82, 2.24) is 15.1 Å². The third kappa shape index (κ3) is 4.39. The van der Waals surface area contributed by atoms with E-state index in [1.165, 1.54) is 42.5 Å². The van der Waals surface area contributed by atoms with Gasteiger partial charge in [-0.1, -0.05) is 31.7 Å². The molecule has 1 aliphatic carbocycles. The Balaban J connectivity index is 1.51. The van der Waals surface area contributed by atoms with Crippen molar-refractivity contribution in [2.24, 2.45) is 5.92 Å². The highest BCUT2D eigenvalue weighted by Gasteiger charge is 2.14. The van der Waals surface area contributed by atoms with Gasteiger partial charge < -0.3 is 5.32 Å². The van der Waals surface area contributed by atoms with Gasteiger partial charge in [-0.15, -0.1) is 5.10 Å². The molecule has 26 heavy (non-hydrogen) atoms. The zero-order valence-corrected chi connectivity index (χ0v) is 14.5. The molecule has 0 bridgehead atoms. The second-order valence-electron chi connectivity index (χ2n) is 6.56. The average Bonchev–Trinajstić information content (AvgIpc) is 3.30. The standard InChI is InChI=1S/C19H22FN5O/c20-16-8-3-9-17(15(16)13-21)25-12-10-18(24-25)23-19(26)22-11-4-7-14-5-1-2-6-14/h3,8-10,12,14H,1-2,4-7,11H2,(H2,22,23,24,26). The van der Waals surface area contributed by atoms with Crippen molar-refractivity contribution < 1.29 is 9.18 Å². The topological polar surface area (TPSA) is 82.7 Å². The monoisotopic (exact) mass is 355 g/mol. The third-order valence-electron chi connectivity index (χ3n) is 4.73. The highest BCUT2D eigenvalue weighted by molar-refractivity contribution is 5.88. The normalized spacial score (nSPS) is 14.2. The third-order valence-corrected chi connectivity index (χ3v) is 4.73. The lowest BCUT2D eigenvalue weighted by Gasteiger charge is -2.09. The molecule has 0 spiro atoms. The zero-order chi connectivity index (χ0) is 18.4. The van der Waals surface area contributed by atoms with Crippen molar-refractivity contribution in [3.8, 4) is 11.8 Å². The summed E-state index contributed by atoms with van der Waals surface area (Å²) in [5.41, 5.74) is 0.246. The van der Waals surface area contributed by atoms with Crippen molar-refractivity contribution in [1.29, 1.82) is 5.26 Å². The number of amides is 2. The molecule has 1 aliphatic rings. The zero-order valence-electron chi connectivity index (χ0n) is 14.5. The van der Waals surface area contributed by atoms with Crippen LogP contribution in [0.1, 0.15) is 44.1 Å². The molecule has 1 aromatic heterocycles. The Bertz CT molecular complexity index is 805. The molecule has 136 valence electrons. The Morgan fingerprint density at radius 1 is 1.35 bits per heavy atom. The summed E-state index contributed by atoms with van der Waals surface area (Å²) in [6.45, 7) is 0.630. The van der Waals surface area contributed by atoms with Gasteiger partial charge in [0.2, 0.25) is 0 Å². The number of benzene rings is 1. The van der Waals surface area contributed by atoms with E-state index in [1.54, 1.807) is 18.3 Å². The van der Waals surface area contributed by atoms with Crippen molar-refractivity contribution in [2.45, 2.75) is 38.5 Å². The van der Waals surface area contributed by atoms with Crippen LogP contribution in [-0.4, -0.2) is 22.4 Å². The van der Waals surface area contributed by atoms with Crippen molar-refractivity contribution in [2.75, 3.05) is 11.9 Å². The fourth-order valence-corrected chi connectivity index (χ4v) is 3.39. The van der Waals surface area contributed by atoms with Gasteiger partial charge in [-0.3, -0.25) is 5.32 Å². The van der Waals surface area contributed by atoms with E-state index in [4.69, 9.17) is 5.26 Å². The molecule has 0 aliphatic heterocycles. The van der Waals surface area contributed by atoms with Gasteiger partial charge in [-0.25, -0.2) is 13.9 Å². The van der Waals surface area contributed by atoms with Crippen LogP contribution in [0.4, 0.5) is 15.0 Å². The van der Waals surface area contributed by atoms with Crippen LogP contribution in [0.25, 0.3) is 5.69 Å². The lowest BCUT2D eigenvalue weighted by Crippen LogP contribution is -2.29. The minimum Gasteiger partial charge on any atom is -0.338 e. The van der Waals surface area contributed by atoms with Gasteiger partial charge in [0.05, 0.1) is 5.69 Å². The molecule has 6 nitrogen and oxygen atoms in total. The summed E-state index contributed by atoms with van der Waals surface area (Å²) in [5.74, 6) is 0.553. The largest absolute Gasteiger partial charge is 0.338 e. The van der Waals surface area contributed by atoms with Crippen LogP contribution < -0.4 is 10.6 Å². The second-order valence-corrected chi connectivity index (χ2v) is 6.56. The number of aromatic nitrogens is 2. The molecular weight excluding hydrogens is 333 g/mol. The van der Waals surface area contributed by atoms with Crippen LogP contribution in [0, 0.1) is 23.1 Å². The molecule has 3 rings (SSSR count). The average molecular weight is 355 g/mol. The van der Waals surface area contributed by atoms with E-state index in [2.05, 4.69) is 15.7 Å². The fraction of sp³-hybridized carbons (Fsp3) is 0.421. The SMILES string of the molecule is N#Cc1c(F)cccc1-n1ccc(NC(=O)NCCCC2CCCC2)n1. The van der Waals surface area contributed by atoms with E-state index >= 15 is 0 Å². The second kappa shape index (κ2) is 8.48. The molecule has 1 heterocycles. The number of nitriles is 1. The number of rotatable bonds is 6.